The van der Waals surface area contributed by atoms with E-state index in [1.54, 1.807) is 17.0 Å². The van der Waals surface area contributed by atoms with Crippen LogP contribution in [0.4, 0.5) is 18.9 Å². The van der Waals surface area contributed by atoms with Gasteiger partial charge in [-0.1, -0.05) is 17.7 Å². The van der Waals surface area contributed by atoms with Crippen LogP contribution in [0.1, 0.15) is 16.8 Å². The summed E-state index contributed by atoms with van der Waals surface area (Å²) in [6, 6.07) is 4.75. The van der Waals surface area contributed by atoms with Gasteiger partial charge in [-0.2, -0.15) is 13.2 Å². The quantitative estimate of drug-likeness (QED) is 0.609. The normalized spacial score (nSPS) is 16.2. The Morgan fingerprint density at radius 2 is 2.05 bits per heavy atom. The molecule has 1 heterocycles. The summed E-state index contributed by atoms with van der Waals surface area (Å²) in [7, 11) is 0. The lowest BCUT2D eigenvalue weighted by Crippen LogP contribution is -2.32. The number of alkyl halides is 3. The highest BCUT2D eigenvalue weighted by molar-refractivity contribution is 6.33. The third-order valence-electron chi connectivity index (χ3n) is 3.02. The molecule has 0 bridgehead atoms. The van der Waals surface area contributed by atoms with E-state index in [1.165, 1.54) is 12.1 Å². The largest absolute Gasteiger partial charge is 0.412 e. The van der Waals surface area contributed by atoms with Gasteiger partial charge in [0.15, 0.2) is 0 Å². The van der Waals surface area contributed by atoms with Gasteiger partial charge in [0.25, 0.3) is 0 Å². The first kappa shape index (κ1) is 13.9. The van der Waals surface area contributed by atoms with Gasteiger partial charge >= 0.3 is 6.18 Å². The molecule has 0 saturated heterocycles. The van der Waals surface area contributed by atoms with E-state index < -0.39 is 11.7 Å². The second-order valence-electron chi connectivity index (χ2n) is 4.25. The zero-order valence-corrected chi connectivity index (χ0v) is 10.6. The zero-order chi connectivity index (χ0) is 14.0. The predicted octanol–water partition coefficient (Wildman–Crippen LogP) is 3.85. The molecule has 6 heteroatoms. The number of carbonyl (C=O) groups is 1. The van der Waals surface area contributed by atoms with Gasteiger partial charge in [0, 0.05) is 24.2 Å². The lowest BCUT2D eigenvalue weighted by Gasteiger charge is -2.29. The number of benzene rings is 1. The number of rotatable bonds is 2. The molecule has 0 fully saturated rings. The number of halogens is 4. The predicted molar refractivity (Wildman–Crippen MR) is 67.8 cm³/mol. The third kappa shape index (κ3) is 3.10. The molecule has 2 rings (SSSR count). The van der Waals surface area contributed by atoms with Crippen LogP contribution in [0.25, 0.3) is 0 Å². The monoisotopic (exact) mass is 289 g/mol. The number of carbonyl (C=O) groups excluding carboxylic acids is 1. The van der Waals surface area contributed by atoms with Crippen molar-refractivity contribution in [2.75, 3.05) is 18.0 Å². The van der Waals surface area contributed by atoms with Gasteiger partial charge in [0.1, 0.15) is 6.29 Å². The molecule has 19 heavy (non-hydrogen) atoms. The van der Waals surface area contributed by atoms with E-state index in [0.717, 1.165) is 0 Å². The molecule has 1 aromatic carbocycles. The number of anilines is 1. The van der Waals surface area contributed by atoms with Crippen LogP contribution < -0.4 is 4.90 Å². The Labute approximate surface area is 113 Å². The summed E-state index contributed by atoms with van der Waals surface area (Å²) in [5.41, 5.74) is 0.589. The standard InChI is InChI=1S/C13H11ClF3NO/c14-11-7-9(8-19)1-2-12(11)18-5-3-10(4-6-18)13(15,16)17/h1-3,7-8H,4-6H2. The van der Waals surface area contributed by atoms with E-state index in [4.69, 9.17) is 11.6 Å². The van der Waals surface area contributed by atoms with E-state index in [1.807, 2.05) is 0 Å². The van der Waals surface area contributed by atoms with Crippen molar-refractivity contribution in [2.45, 2.75) is 12.6 Å². The molecular weight excluding hydrogens is 279 g/mol. The topological polar surface area (TPSA) is 20.3 Å². The Balaban J connectivity index is 2.18. The first-order chi connectivity index (χ1) is 8.91. The molecule has 0 saturated carbocycles. The van der Waals surface area contributed by atoms with Crippen molar-refractivity contribution in [2.24, 2.45) is 0 Å². The van der Waals surface area contributed by atoms with Crippen molar-refractivity contribution >= 4 is 23.6 Å². The molecule has 0 spiro atoms. The van der Waals surface area contributed by atoms with E-state index in [9.17, 15) is 18.0 Å². The molecule has 0 radical (unpaired) electrons. The van der Waals surface area contributed by atoms with E-state index in [2.05, 4.69) is 0 Å². The minimum absolute atomic E-state index is 0.0603. The molecule has 0 atom stereocenters. The van der Waals surface area contributed by atoms with Crippen LogP contribution in [0.15, 0.2) is 29.8 Å². The fourth-order valence-electron chi connectivity index (χ4n) is 2.00. The molecule has 0 unspecified atom stereocenters. The highest BCUT2D eigenvalue weighted by Gasteiger charge is 2.34. The van der Waals surface area contributed by atoms with Crippen LogP contribution in [0, 0.1) is 0 Å². The van der Waals surface area contributed by atoms with Crippen LogP contribution >= 0.6 is 11.6 Å². The lowest BCUT2D eigenvalue weighted by atomic mass is 10.1. The molecule has 102 valence electrons. The molecule has 0 N–H and O–H groups in total. The summed E-state index contributed by atoms with van der Waals surface area (Å²) < 4.78 is 37.5. The van der Waals surface area contributed by atoms with E-state index in [-0.39, 0.29) is 19.5 Å². The molecule has 2 nitrogen and oxygen atoms in total. The summed E-state index contributed by atoms with van der Waals surface area (Å²) in [4.78, 5) is 12.3. The van der Waals surface area contributed by atoms with Crippen molar-refractivity contribution in [1.82, 2.24) is 0 Å². The Bertz CT molecular complexity index is 525. The molecule has 1 aromatic rings. The summed E-state index contributed by atoms with van der Waals surface area (Å²) in [6.07, 6.45) is -2.46. The number of hydrogen-bond acceptors (Lipinski definition) is 2. The van der Waals surface area contributed by atoms with Crippen molar-refractivity contribution in [1.29, 1.82) is 0 Å². The van der Waals surface area contributed by atoms with Crippen LogP contribution in [0.5, 0.6) is 0 Å². The molecule has 0 aliphatic carbocycles. The van der Waals surface area contributed by atoms with Gasteiger partial charge in [-0.05, 0) is 24.6 Å². The molecule has 0 aromatic heterocycles. The first-order valence-electron chi connectivity index (χ1n) is 5.67. The average Bonchev–Trinajstić information content (AvgIpc) is 2.37. The SMILES string of the molecule is O=Cc1ccc(N2CC=C(C(F)(F)F)CC2)c(Cl)c1. The van der Waals surface area contributed by atoms with Crippen molar-refractivity contribution < 1.29 is 18.0 Å². The highest BCUT2D eigenvalue weighted by atomic mass is 35.5. The number of hydrogen-bond donors (Lipinski definition) is 0. The summed E-state index contributed by atoms with van der Waals surface area (Å²) in [5, 5.41) is 0.369. The van der Waals surface area contributed by atoms with Gasteiger partial charge in [-0.3, -0.25) is 4.79 Å². The maximum atomic E-state index is 12.5. The average molecular weight is 290 g/mol. The summed E-state index contributed by atoms with van der Waals surface area (Å²) in [6.45, 7) is 0.417. The second-order valence-corrected chi connectivity index (χ2v) is 4.66. The van der Waals surface area contributed by atoms with Gasteiger partial charge < -0.3 is 4.90 Å². The lowest BCUT2D eigenvalue weighted by molar-refractivity contribution is -0.0944. The fraction of sp³-hybridized carbons (Fsp3) is 0.308. The fourth-order valence-corrected chi connectivity index (χ4v) is 2.31. The van der Waals surface area contributed by atoms with Crippen LogP contribution in [0.2, 0.25) is 5.02 Å². The Kier molecular flexibility index (Phi) is 3.85. The second kappa shape index (κ2) is 5.25. The van der Waals surface area contributed by atoms with Crippen LogP contribution in [-0.2, 0) is 0 Å². The number of aldehydes is 1. The maximum Gasteiger partial charge on any atom is 0.412 e. The van der Waals surface area contributed by atoms with Gasteiger partial charge in [0.05, 0.1) is 10.7 Å². The smallest absolute Gasteiger partial charge is 0.366 e. The molecule has 1 aliphatic rings. The minimum atomic E-state index is -4.25. The van der Waals surface area contributed by atoms with Crippen LogP contribution in [0.3, 0.4) is 0 Å². The van der Waals surface area contributed by atoms with E-state index >= 15 is 0 Å². The van der Waals surface area contributed by atoms with Gasteiger partial charge in [-0.15, -0.1) is 0 Å². The zero-order valence-electron chi connectivity index (χ0n) is 9.88. The van der Waals surface area contributed by atoms with E-state index in [0.29, 0.717) is 22.6 Å². The summed E-state index contributed by atoms with van der Waals surface area (Å²) in [5.74, 6) is 0. The van der Waals surface area contributed by atoms with Crippen molar-refractivity contribution in [3.63, 3.8) is 0 Å². The summed E-state index contributed by atoms with van der Waals surface area (Å²) >= 11 is 6.02. The molecule has 0 amide bonds. The highest BCUT2D eigenvalue weighted by Crippen LogP contribution is 2.33. The van der Waals surface area contributed by atoms with Gasteiger partial charge in [-0.25, -0.2) is 0 Å². The first-order valence-corrected chi connectivity index (χ1v) is 6.05. The maximum absolute atomic E-state index is 12.5. The van der Waals surface area contributed by atoms with Crippen molar-refractivity contribution in [3.05, 3.63) is 40.4 Å². The molecular formula is C13H11ClF3NO. The van der Waals surface area contributed by atoms with Crippen LogP contribution in [-0.4, -0.2) is 25.6 Å². The Morgan fingerprint density at radius 1 is 1.32 bits per heavy atom. The number of nitrogens with zero attached hydrogens (tertiary/aromatic N) is 1. The minimum Gasteiger partial charge on any atom is -0.366 e. The molecule has 1 aliphatic heterocycles. The van der Waals surface area contributed by atoms with Gasteiger partial charge in [0.2, 0.25) is 0 Å². The van der Waals surface area contributed by atoms with Crippen molar-refractivity contribution in [3.8, 4) is 0 Å². The Hall–Kier alpha value is -1.49. The third-order valence-corrected chi connectivity index (χ3v) is 3.32. The Morgan fingerprint density at radius 3 is 2.53 bits per heavy atom.